The lowest BCUT2D eigenvalue weighted by atomic mass is 9.95. The predicted molar refractivity (Wildman–Crippen MR) is 78.3 cm³/mol. The van der Waals surface area contributed by atoms with Crippen LogP contribution in [0.15, 0.2) is 42.7 Å². The third-order valence-corrected chi connectivity index (χ3v) is 3.21. The number of hydrogen-bond donors (Lipinski definition) is 2. The van der Waals surface area contributed by atoms with Crippen molar-refractivity contribution in [2.75, 3.05) is 0 Å². The lowest BCUT2D eigenvalue weighted by molar-refractivity contribution is 0.555. The Labute approximate surface area is 119 Å². The lowest BCUT2D eigenvalue weighted by Gasteiger charge is -2.18. The van der Waals surface area contributed by atoms with Gasteiger partial charge in [-0.05, 0) is 29.5 Å². The van der Waals surface area contributed by atoms with Gasteiger partial charge < -0.3 is 0 Å². The monoisotopic (exact) mass is 273 g/mol. The number of halogens is 1. The topological polar surface area (TPSA) is 50.9 Å². The Morgan fingerprint density at radius 3 is 2.75 bits per heavy atom. The Kier molecular flexibility index (Phi) is 4.82. The van der Waals surface area contributed by atoms with Gasteiger partial charge in [-0.3, -0.25) is 10.8 Å². The number of aromatic nitrogens is 1. The summed E-state index contributed by atoms with van der Waals surface area (Å²) in [5.74, 6) is 5.84. The van der Waals surface area contributed by atoms with Crippen molar-refractivity contribution in [3.05, 3.63) is 65.2 Å². The maximum atomic E-state index is 13.9. The fourth-order valence-corrected chi connectivity index (χ4v) is 2.36. The molecule has 1 unspecified atom stereocenters. The second-order valence-corrected chi connectivity index (χ2v) is 5.34. The van der Waals surface area contributed by atoms with Crippen LogP contribution in [0.5, 0.6) is 0 Å². The van der Waals surface area contributed by atoms with Gasteiger partial charge in [0.1, 0.15) is 5.82 Å². The SMILES string of the molecule is CC(C)Cc1cccc(C(NN)c2ccncc2F)c1. The Morgan fingerprint density at radius 1 is 1.30 bits per heavy atom. The van der Waals surface area contributed by atoms with E-state index < -0.39 is 0 Å². The van der Waals surface area contributed by atoms with Crippen LogP contribution >= 0.6 is 0 Å². The highest BCUT2D eigenvalue weighted by molar-refractivity contribution is 5.34. The molecule has 1 aromatic carbocycles. The van der Waals surface area contributed by atoms with Gasteiger partial charge in [-0.2, -0.15) is 0 Å². The minimum atomic E-state index is -0.370. The molecule has 1 aromatic heterocycles. The zero-order chi connectivity index (χ0) is 14.5. The van der Waals surface area contributed by atoms with Crippen LogP contribution in [-0.4, -0.2) is 4.98 Å². The van der Waals surface area contributed by atoms with E-state index in [9.17, 15) is 4.39 Å². The van der Waals surface area contributed by atoms with Crippen LogP contribution in [-0.2, 0) is 6.42 Å². The minimum absolute atomic E-state index is 0.357. The number of hydrazine groups is 1. The van der Waals surface area contributed by atoms with E-state index in [1.807, 2.05) is 12.1 Å². The summed E-state index contributed by atoms with van der Waals surface area (Å²) in [6.07, 6.45) is 3.77. The van der Waals surface area contributed by atoms with E-state index >= 15 is 0 Å². The van der Waals surface area contributed by atoms with Gasteiger partial charge in [0, 0.05) is 11.8 Å². The molecular weight excluding hydrogens is 253 g/mol. The van der Waals surface area contributed by atoms with E-state index in [0.717, 1.165) is 12.0 Å². The Hall–Kier alpha value is -1.78. The van der Waals surface area contributed by atoms with Crippen molar-refractivity contribution in [3.63, 3.8) is 0 Å². The first kappa shape index (κ1) is 14.6. The Balaban J connectivity index is 2.35. The van der Waals surface area contributed by atoms with Crippen LogP contribution in [0.4, 0.5) is 4.39 Å². The molecule has 3 N–H and O–H groups in total. The third-order valence-electron chi connectivity index (χ3n) is 3.21. The molecule has 0 bridgehead atoms. The highest BCUT2D eigenvalue weighted by atomic mass is 19.1. The summed E-state index contributed by atoms with van der Waals surface area (Å²) in [6, 6.07) is 9.37. The predicted octanol–water partition coefficient (Wildman–Crippen LogP) is 2.97. The molecule has 0 aliphatic heterocycles. The van der Waals surface area contributed by atoms with E-state index in [1.54, 1.807) is 12.3 Å². The summed E-state index contributed by atoms with van der Waals surface area (Å²) in [6.45, 7) is 4.35. The summed E-state index contributed by atoms with van der Waals surface area (Å²) >= 11 is 0. The first-order valence-corrected chi connectivity index (χ1v) is 6.76. The van der Waals surface area contributed by atoms with Crippen molar-refractivity contribution >= 4 is 0 Å². The molecule has 1 heterocycles. The molecule has 0 radical (unpaired) electrons. The summed E-state index contributed by atoms with van der Waals surface area (Å²) in [7, 11) is 0. The molecular formula is C16H20FN3. The molecule has 0 spiro atoms. The van der Waals surface area contributed by atoms with Crippen molar-refractivity contribution in [2.24, 2.45) is 11.8 Å². The summed E-state index contributed by atoms with van der Waals surface area (Å²) in [5.41, 5.74) is 5.38. The van der Waals surface area contributed by atoms with Gasteiger partial charge in [-0.1, -0.05) is 38.1 Å². The molecule has 0 amide bonds. The average Bonchev–Trinajstić information content (AvgIpc) is 2.41. The molecule has 2 rings (SSSR count). The van der Waals surface area contributed by atoms with Crippen LogP contribution in [0.3, 0.4) is 0 Å². The average molecular weight is 273 g/mol. The highest BCUT2D eigenvalue weighted by Gasteiger charge is 2.16. The van der Waals surface area contributed by atoms with E-state index in [1.165, 1.54) is 11.8 Å². The number of nitrogens with zero attached hydrogens (tertiary/aromatic N) is 1. The summed E-state index contributed by atoms with van der Waals surface area (Å²) in [4.78, 5) is 3.77. The van der Waals surface area contributed by atoms with Crippen LogP contribution in [0, 0.1) is 11.7 Å². The van der Waals surface area contributed by atoms with Crippen molar-refractivity contribution in [2.45, 2.75) is 26.3 Å². The molecule has 106 valence electrons. The standard InChI is InChI=1S/C16H20FN3/c1-11(2)8-12-4-3-5-13(9-12)16(20-18)14-6-7-19-10-15(14)17/h3-7,9-11,16,20H,8,18H2,1-2H3. The smallest absolute Gasteiger partial charge is 0.146 e. The number of nitrogens with two attached hydrogens (primary N) is 1. The van der Waals surface area contributed by atoms with E-state index in [2.05, 4.69) is 36.4 Å². The first-order valence-electron chi connectivity index (χ1n) is 6.76. The first-order chi connectivity index (χ1) is 9.61. The minimum Gasteiger partial charge on any atom is -0.271 e. The second-order valence-electron chi connectivity index (χ2n) is 5.34. The molecule has 0 saturated carbocycles. The molecule has 3 nitrogen and oxygen atoms in total. The number of benzene rings is 1. The fourth-order valence-electron chi connectivity index (χ4n) is 2.36. The van der Waals surface area contributed by atoms with Crippen LogP contribution < -0.4 is 11.3 Å². The quantitative estimate of drug-likeness (QED) is 0.650. The third kappa shape index (κ3) is 3.40. The van der Waals surface area contributed by atoms with Gasteiger partial charge in [-0.25, -0.2) is 9.82 Å². The van der Waals surface area contributed by atoms with Crippen molar-refractivity contribution < 1.29 is 4.39 Å². The van der Waals surface area contributed by atoms with Crippen LogP contribution in [0.25, 0.3) is 0 Å². The van der Waals surface area contributed by atoms with Crippen LogP contribution in [0.1, 0.15) is 36.6 Å². The van der Waals surface area contributed by atoms with Gasteiger partial charge in [0.15, 0.2) is 0 Å². The van der Waals surface area contributed by atoms with Crippen LogP contribution in [0.2, 0.25) is 0 Å². The molecule has 20 heavy (non-hydrogen) atoms. The van der Waals surface area contributed by atoms with Crippen molar-refractivity contribution in [1.29, 1.82) is 0 Å². The Bertz CT molecular complexity index is 569. The van der Waals surface area contributed by atoms with E-state index in [4.69, 9.17) is 5.84 Å². The van der Waals surface area contributed by atoms with Gasteiger partial charge in [0.2, 0.25) is 0 Å². The van der Waals surface area contributed by atoms with Gasteiger partial charge in [0.25, 0.3) is 0 Å². The molecule has 2 aromatic rings. The maximum Gasteiger partial charge on any atom is 0.146 e. The van der Waals surface area contributed by atoms with E-state index in [-0.39, 0.29) is 11.9 Å². The molecule has 0 saturated heterocycles. The summed E-state index contributed by atoms with van der Waals surface area (Å²) in [5, 5.41) is 0. The number of nitrogens with one attached hydrogen (secondary N) is 1. The number of hydrogen-bond acceptors (Lipinski definition) is 3. The largest absolute Gasteiger partial charge is 0.271 e. The molecule has 0 aliphatic rings. The number of rotatable bonds is 5. The van der Waals surface area contributed by atoms with Crippen molar-refractivity contribution in [3.8, 4) is 0 Å². The molecule has 0 fully saturated rings. The molecule has 0 aliphatic carbocycles. The second kappa shape index (κ2) is 6.59. The zero-order valence-corrected chi connectivity index (χ0v) is 11.8. The number of pyridine rings is 1. The highest BCUT2D eigenvalue weighted by Crippen LogP contribution is 2.24. The van der Waals surface area contributed by atoms with Crippen molar-refractivity contribution in [1.82, 2.24) is 10.4 Å². The molecule has 4 heteroatoms. The normalized spacial score (nSPS) is 12.7. The Morgan fingerprint density at radius 2 is 2.10 bits per heavy atom. The lowest BCUT2D eigenvalue weighted by Crippen LogP contribution is -2.29. The van der Waals surface area contributed by atoms with Gasteiger partial charge >= 0.3 is 0 Å². The fraction of sp³-hybridized carbons (Fsp3) is 0.312. The summed E-state index contributed by atoms with van der Waals surface area (Å²) < 4.78 is 13.9. The van der Waals surface area contributed by atoms with Gasteiger partial charge in [-0.15, -0.1) is 0 Å². The van der Waals surface area contributed by atoms with E-state index in [0.29, 0.717) is 11.5 Å². The van der Waals surface area contributed by atoms with Gasteiger partial charge in [0.05, 0.1) is 12.2 Å². The molecule has 1 atom stereocenters. The zero-order valence-electron chi connectivity index (χ0n) is 11.8. The maximum absolute atomic E-state index is 13.9.